The number of hydrogen-bond donors (Lipinski definition) is 0. The number of benzene rings is 2. The van der Waals surface area contributed by atoms with Crippen LogP contribution in [0.4, 0.5) is 0 Å². The van der Waals surface area contributed by atoms with Gasteiger partial charge in [-0.25, -0.2) is 0 Å². The van der Waals surface area contributed by atoms with Crippen molar-refractivity contribution in [2.45, 2.75) is 39.5 Å². The van der Waals surface area contributed by atoms with Crippen LogP contribution in [-0.4, -0.2) is 5.78 Å². The van der Waals surface area contributed by atoms with Crippen LogP contribution in [0.15, 0.2) is 36.4 Å². The summed E-state index contributed by atoms with van der Waals surface area (Å²) in [6.07, 6.45) is 3.95. The molecule has 0 saturated carbocycles. The summed E-state index contributed by atoms with van der Waals surface area (Å²) in [5.41, 5.74) is 2.11. The lowest BCUT2D eigenvalue weighted by Gasteiger charge is -2.08. The monoisotopic (exact) mass is 240 g/mol. The van der Waals surface area contributed by atoms with Crippen LogP contribution in [0.3, 0.4) is 0 Å². The lowest BCUT2D eigenvalue weighted by molar-refractivity contribution is 0.0981. The molecule has 1 nitrogen and oxygen atoms in total. The third-order valence-corrected chi connectivity index (χ3v) is 3.45. The maximum atomic E-state index is 12.2. The summed E-state index contributed by atoms with van der Waals surface area (Å²) >= 11 is 0. The summed E-state index contributed by atoms with van der Waals surface area (Å²) in [5.74, 6) is 0.277. The average molecular weight is 240 g/mol. The summed E-state index contributed by atoms with van der Waals surface area (Å²) < 4.78 is 0. The third kappa shape index (κ3) is 2.61. The van der Waals surface area contributed by atoms with Crippen LogP contribution >= 0.6 is 0 Å². The first kappa shape index (κ1) is 12.8. The molecule has 0 unspecified atom stereocenters. The molecule has 0 bridgehead atoms. The molecule has 0 radical (unpaired) electrons. The Morgan fingerprint density at radius 3 is 2.44 bits per heavy atom. The van der Waals surface area contributed by atoms with Crippen molar-refractivity contribution in [3.05, 3.63) is 47.5 Å². The van der Waals surface area contributed by atoms with Crippen molar-refractivity contribution in [3.8, 4) is 0 Å². The van der Waals surface area contributed by atoms with Crippen molar-refractivity contribution >= 4 is 16.6 Å². The molecular weight excluding hydrogens is 220 g/mol. The largest absolute Gasteiger partial charge is 0.294 e. The van der Waals surface area contributed by atoms with Crippen LogP contribution in [0.25, 0.3) is 10.8 Å². The van der Waals surface area contributed by atoms with Gasteiger partial charge in [0.05, 0.1) is 0 Å². The molecule has 0 atom stereocenters. The molecule has 0 aliphatic carbocycles. The highest BCUT2D eigenvalue weighted by molar-refractivity contribution is 6.08. The van der Waals surface area contributed by atoms with Gasteiger partial charge in [-0.15, -0.1) is 0 Å². The molecule has 0 saturated heterocycles. The van der Waals surface area contributed by atoms with Gasteiger partial charge in [-0.2, -0.15) is 0 Å². The Hall–Kier alpha value is -1.63. The van der Waals surface area contributed by atoms with E-state index in [1.165, 1.54) is 10.9 Å². The zero-order chi connectivity index (χ0) is 13.0. The second-order valence-corrected chi connectivity index (χ2v) is 4.86. The SMILES string of the molecule is CCCCCC(=O)c1ccc(C)c2ccccc12. The molecule has 0 fully saturated rings. The van der Waals surface area contributed by atoms with Crippen molar-refractivity contribution < 1.29 is 4.79 Å². The van der Waals surface area contributed by atoms with Crippen molar-refractivity contribution in [3.63, 3.8) is 0 Å². The zero-order valence-electron chi connectivity index (χ0n) is 11.2. The molecular formula is C17H20O. The van der Waals surface area contributed by atoms with Gasteiger partial charge < -0.3 is 0 Å². The molecule has 2 rings (SSSR count). The van der Waals surface area contributed by atoms with E-state index in [9.17, 15) is 4.79 Å². The van der Waals surface area contributed by atoms with Gasteiger partial charge in [-0.3, -0.25) is 4.79 Å². The van der Waals surface area contributed by atoms with Gasteiger partial charge in [0.25, 0.3) is 0 Å². The molecule has 1 heteroatoms. The minimum absolute atomic E-state index is 0.277. The van der Waals surface area contributed by atoms with Gasteiger partial charge >= 0.3 is 0 Å². The predicted octanol–water partition coefficient (Wildman–Crippen LogP) is 4.91. The minimum atomic E-state index is 0.277. The van der Waals surface area contributed by atoms with Crippen molar-refractivity contribution in [2.75, 3.05) is 0 Å². The summed E-state index contributed by atoms with van der Waals surface area (Å²) in [5, 5.41) is 2.29. The number of unbranched alkanes of at least 4 members (excludes halogenated alkanes) is 2. The zero-order valence-corrected chi connectivity index (χ0v) is 11.2. The van der Waals surface area contributed by atoms with Crippen LogP contribution < -0.4 is 0 Å². The third-order valence-electron chi connectivity index (χ3n) is 3.45. The fourth-order valence-electron chi connectivity index (χ4n) is 2.36. The predicted molar refractivity (Wildman–Crippen MR) is 77.2 cm³/mol. The van der Waals surface area contributed by atoms with Gasteiger partial charge in [-0.05, 0) is 29.7 Å². The van der Waals surface area contributed by atoms with Crippen LogP contribution in [0, 0.1) is 6.92 Å². The Balaban J connectivity index is 2.33. The Morgan fingerprint density at radius 2 is 1.72 bits per heavy atom. The van der Waals surface area contributed by atoms with Gasteiger partial charge in [0, 0.05) is 12.0 Å². The van der Waals surface area contributed by atoms with E-state index in [1.807, 2.05) is 18.2 Å². The van der Waals surface area contributed by atoms with E-state index < -0.39 is 0 Å². The van der Waals surface area contributed by atoms with E-state index in [0.717, 1.165) is 30.2 Å². The van der Waals surface area contributed by atoms with Crippen molar-refractivity contribution in [2.24, 2.45) is 0 Å². The number of hydrogen-bond acceptors (Lipinski definition) is 1. The molecule has 0 aromatic heterocycles. The fraction of sp³-hybridized carbons (Fsp3) is 0.353. The average Bonchev–Trinajstić information content (AvgIpc) is 2.39. The molecule has 0 amide bonds. The molecule has 0 spiro atoms. The second kappa shape index (κ2) is 5.81. The fourth-order valence-corrected chi connectivity index (χ4v) is 2.36. The Bertz CT molecular complexity index is 555. The molecule has 2 aromatic carbocycles. The first-order valence-corrected chi connectivity index (χ1v) is 6.75. The molecule has 0 aliphatic heterocycles. The lowest BCUT2D eigenvalue weighted by atomic mass is 9.96. The molecule has 0 N–H and O–H groups in total. The lowest BCUT2D eigenvalue weighted by Crippen LogP contribution is -2.00. The Kier molecular flexibility index (Phi) is 4.14. The molecule has 0 heterocycles. The molecule has 2 aromatic rings. The summed E-state index contributed by atoms with van der Waals surface area (Å²) in [6.45, 7) is 4.25. The highest BCUT2D eigenvalue weighted by atomic mass is 16.1. The maximum absolute atomic E-state index is 12.2. The van der Waals surface area contributed by atoms with Gasteiger partial charge in [0.2, 0.25) is 0 Å². The molecule has 94 valence electrons. The Labute approximate surface area is 109 Å². The number of aryl methyl sites for hydroxylation is 1. The van der Waals surface area contributed by atoms with E-state index in [2.05, 4.69) is 32.0 Å². The topological polar surface area (TPSA) is 17.1 Å². The van der Waals surface area contributed by atoms with Crippen LogP contribution in [0.1, 0.15) is 48.5 Å². The van der Waals surface area contributed by atoms with Crippen molar-refractivity contribution in [1.82, 2.24) is 0 Å². The normalized spacial score (nSPS) is 10.8. The number of fused-ring (bicyclic) bond motifs is 1. The van der Waals surface area contributed by atoms with Crippen molar-refractivity contribution in [1.29, 1.82) is 0 Å². The number of carbonyl (C=O) groups is 1. The standard InChI is InChI=1S/C17H20O/c1-3-4-5-10-17(18)16-12-11-13(2)14-8-6-7-9-15(14)16/h6-9,11-12H,3-5,10H2,1-2H3. The first-order chi connectivity index (χ1) is 8.74. The second-order valence-electron chi connectivity index (χ2n) is 4.86. The summed E-state index contributed by atoms with van der Waals surface area (Å²) in [7, 11) is 0. The number of rotatable bonds is 5. The first-order valence-electron chi connectivity index (χ1n) is 6.75. The number of carbonyl (C=O) groups excluding carboxylic acids is 1. The smallest absolute Gasteiger partial charge is 0.163 e. The quantitative estimate of drug-likeness (QED) is 0.536. The highest BCUT2D eigenvalue weighted by Gasteiger charge is 2.10. The van der Waals surface area contributed by atoms with Gasteiger partial charge in [-0.1, -0.05) is 56.2 Å². The van der Waals surface area contributed by atoms with E-state index in [-0.39, 0.29) is 5.78 Å². The Morgan fingerprint density at radius 1 is 1.00 bits per heavy atom. The van der Waals surface area contributed by atoms with E-state index in [4.69, 9.17) is 0 Å². The van der Waals surface area contributed by atoms with Crippen LogP contribution in [0.5, 0.6) is 0 Å². The van der Waals surface area contributed by atoms with E-state index >= 15 is 0 Å². The maximum Gasteiger partial charge on any atom is 0.163 e. The summed E-state index contributed by atoms with van der Waals surface area (Å²) in [4.78, 5) is 12.2. The van der Waals surface area contributed by atoms with E-state index in [1.54, 1.807) is 0 Å². The van der Waals surface area contributed by atoms with Gasteiger partial charge in [0.1, 0.15) is 0 Å². The minimum Gasteiger partial charge on any atom is -0.294 e. The van der Waals surface area contributed by atoms with Crippen LogP contribution in [0.2, 0.25) is 0 Å². The van der Waals surface area contributed by atoms with E-state index in [0.29, 0.717) is 6.42 Å². The van der Waals surface area contributed by atoms with Crippen LogP contribution in [-0.2, 0) is 0 Å². The number of Topliss-reactive ketones (excluding diaryl/α,β-unsaturated/α-hetero) is 1. The molecule has 0 aliphatic rings. The summed E-state index contributed by atoms with van der Waals surface area (Å²) in [6, 6.07) is 12.2. The molecule has 18 heavy (non-hydrogen) atoms. The highest BCUT2D eigenvalue weighted by Crippen LogP contribution is 2.23. The number of ketones is 1. The van der Waals surface area contributed by atoms with Gasteiger partial charge in [0.15, 0.2) is 5.78 Å².